The lowest BCUT2D eigenvalue weighted by Gasteiger charge is -2.22. The SMILES string of the molecule is O=C(Nc1nc2cc(Cl)ccc2o1)NC1CCCCC1. The molecule has 1 fully saturated rings. The van der Waals surface area contributed by atoms with Crippen molar-refractivity contribution in [2.45, 2.75) is 38.1 Å². The molecule has 6 heteroatoms. The first kappa shape index (κ1) is 13.2. The lowest BCUT2D eigenvalue weighted by atomic mass is 9.96. The molecule has 106 valence electrons. The molecule has 2 aromatic rings. The maximum Gasteiger partial charge on any atom is 0.323 e. The summed E-state index contributed by atoms with van der Waals surface area (Å²) >= 11 is 5.88. The zero-order valence-electron chi connectivity index (χ0n) is 11.0. The summed E-state index contributed by atoms with van der Waals surface area (Å²) in [5.41, 5.74) is 1.23. The van der Waals surface area contributed by atoms with E-state index in [0.717, 1.165) is 12.8 Å². The summed E-state index contributed by atoms with van der Waals surface area (Å²) in [7, 11) is 0. The summed E-state index contributed by atoms with van der Waals surface area (Å²) < 4.78 is 5.44. The Labute approximate surface area is 121 Å². The molecular weight excluding hydrogens is 278 g/mol. The fraction of sp³-hybridized carbons (Fsp3) is 0.429. The lowest BCUT2D eigenvalue weighted by molar-refractivity contribution is 0.243. The van der Waals surface area contributed by atoms with Crippen molar-refractivity contribution in [3.05, 3.63) is 23.2 Å². The molecule has 2 N–H and O–H groups in total. The third-order valence-corrected chi connectivity index (χ3v) is 3.75. The monoisotopic (exact) mass is 293 g/mol. The van der Waals surface area contributed by atoms with E-state index in [1.807, 2.05) is 0 Å². The van der Waals surface area contributed by atoms with Gasteiger partial charge in [0.05, 0.1) is 0 Å². The van der Waals surface area contributed by atoms with Crippen LogP contribution in [0.25, 0.3) is 11.1 Å². The van der Waals surface area contributed by atoms with Gasteiger partial charge in [0, 0.05) is 11.1 Å². The molecule has 0 aliphatic heterocycles. The highest BCUT2D eigenvalue weighted by molar-refractivity contribution is 6.31. The van der Waals surface area contributed by atoms with E-state index in [1.165, 1.54) is 19.3 Å². The van der Waals surface area contributed by atoms with Crippen molar-refractivity contribution in [3.8, 4) is 0 Å². The summed E-state index contributed by atoms with van der Waals surface area (Å²) in [5.74, 6) is 0. The minimum atomic E-state index is -0.269. The van der Waals surface area contributed by atoms with E-state index in [4.69, 9.17) is 16.0 Å². The van der Waals surface area contributed by atoms with Gasteiger partial charge in [-0.15, -0.1) is 0 Å². The van der Waals surface area contributed by atoms with Gasteiger partial charge in [-0.3, -0.25) is 5.32 Å². The highest BCUT2D eigenvalue weighted by atomic mass is 35.5. The highest BCUT2D eigenvalue weighted by Gasteiger charge is 2.17. The van der Waals surface area contributed by atoms with Gasteiger partial charge in [-0.05, 0) is 31.0 Å². The van der Waals surface area contributed by atoms with Crippen LogP contribution in [0, 0.1) is 0 Å². The number of benzene rings is 1. The second-order valence-corrected chi connectivity index (χ2v) is 5.50. The van der Waals surface area contributed by atoms with Gasteiger partial charge in [-0.2, -0.15) is 4.98 Å². The van der Waals surface area contributed by atoms with Crippen LogP contribution in [0.5, 0.6) is 0 Å². The smallest absolute Gasteiger partial charge is 0.323 e. The molecule has 0 bridgehead atoms. The molecule has 1 aliphatic rings. The Hall–Kier alpha value is -1.75. The normalized spacial score (nSPS) is 16.2. The molecule has 0 radical (unpaired) electrons. The number of oxazole rings is 1. The third kappa shape index (κ3) is 3.04. The number of fused-ring (bicyclic) bond motifs is 1. The molecule has 1 aromatic heterocycles. The van der Waals surface area contributed by atoms with Crippen LogP contribution in [0.4, 0.5) is 10.8 Å². The van der Waals surface area contributed by atoms with Crippen molar-refractivity contribution in [1.82, 2.24) is 10.3 Å². The molecule has 3 rings (SSSR count). The van der Waals surface area contributed by atoms with Crippen LogP contribution in [0.1, 0.15) is 32.1 Å². The van der Waals surface area contributed by atoms with Crippen molar-refractivity contribution in [2.24, 2.45) is 0 Å². The number of amides is 2. The number of anilines is 1. The molecule has 1 heterocycles. The molecule has 1 aromatic carbocycles. The van der Waals surface area contributed by atoms with E-state index < -0.39 is 0 Å². The quantitative estimate of drug-likeness (QED) is 0.881. The number of hydrogen-bond donors (Lipinski definition) is 2. The predicted octanol–water partition coefficient (Wildman–Crippen LogP) is 3.94. The number of urea groups is 1. The van der Waals surface area contributed by atoms with Gasteiger partial charge in [0.1, 0.15) is 5.52 Å². The van der Waals surface area contributed by atoms with Crippen molar-refractivity contribution in [1.29, 1.82) is 0 Å². The highest BCUT2D eigenvalue weighted by Crippen LogP contribution is 2.22. The van der Waals surface area contributed by atoms with Crippen LogP contribution in [0.3, 0.4) is 0 Å². The number of nitrogens with one attached hydrogen (secondary N) is 2. The van der Waals surface area contributed by atoms with Crippen molar-refractivity contribution in [3.63, 3.8) is 0 Å². The first-order valence-electron chi connectivity index (χ1n) is 6.84. The van der Waals surface area contributed by atoms with E-state index >= 15 is 0 Å². The van der Waals surface area contributed by atoms with Crippen molar-refractivity contribution < 1.29 is 9.21 Å². The Morgan fingerprint density at radius 3 is 2.90 bits per heavy atom. The Bertz CT molecular complexity index is 620. The van der Waals surface area contributed by atoms with Crippen molar-refractivity contribution >= 4 is 34.7 Å². The number of hydrogen-bond acceptors (Lipinski definition) is 3. The molecule has 20 heavy (non-hydrogen) atoms. The van der Waals surface area contributed by atoms with Crippen LogP contribution < -0.4 is 10.6 Å². The molecule has 0 saturated heterocycles. The maximum absolute atomic E-state index is 11.9. The van der Waals surface area contributed by atoms with E-state index in [2.05, 4.69) is 15.6 Å². The molecule has 0 spiro atoms. The van der Waals surface area contributed by atoms with E-state index in [1.54, 1.807) is 18.2 Å². The standard InChI is InChI=1S/C14H16ClN3O2/c15-9-6-7-12-11(8-9)17-14(20-12)18-13(19)16-10-4-2-1-3-5-10/h6-8,10H,1-5H2,(H2,16,17,18,19). The van der Waals surface area contributed by atoms with Crippen LogP contribution in [0.2, 0.25) is 5.02 Å². The number of carbonyl (C=O) groups excluding carboxylic acids is 1. The Balaban J connectivity index is 1.64. The summed E-state index contributed by atoms with van der Waals surface area (Å²) in [6.45, 7) is 0. The Morgan fingerprint density at radius 1 is 1.30 bits per heavy atom. The minimum absolute atomic E-state index is 0.190. The second kappa shape index (κ2) is 5.71. The van der Waals surface area contributed by atoms with Gasteiger partial charge in [0.2, 0.25) is 0 Å². The van der Waals surface area contributed by atoms with Gasteiger partial charge in [0.15, 0.2) is 5.58 Å². The third-order valence-electron chi connectivity index (χ3n) is 3.51. The largest absolute Gasteiger partial charge is 0.423 e. The maximum atomic E-state index is 11.9. The average molecular weight is 294 g/mol. The number of aromatic nitrogens is 1. The summed E-state index contributed by atoms with van der Waals surface area (Å²) in [5, 5.41) is 6.16. The van der Waals surface area contributed by atoms with Gasteiger partial charge in [-0.1, -0.05) is 30.9 Å². The number of halogens is 1. The van der Waals surface area contributed by atoms with Crippen molar-refractivity contribution in [2.75, 3.05) is 5.32 Å². The first-order chi connectivity index (χ1) is 9.70. The zero-order chi connectivity index (χ0) is 13.9. The summed E-state index contributed by atoms with van der Waals surface area (Å²) in [6.07, 6.45) is 5.68. The molecule has 1 saturated carbocycles. The number of rotatable bonds is 2. The molecule has 5 nitrogen and oxygen atoms in total. The second-order valence-electron chi connectivity index (χ2n) is 5.06. The number of nitrogens with zero attached hydrogens (tertiary/aromatic N) is 1. The summed E-state index contributed by atoms with van der Waals surface area (Å²) in [4.78, 5) is 16.1. The Kier molecular flexibility index (Phi) is 3.78. The minimum Gasteiger partial charge on any atom is -0.423 e. The predicted molar refractivity (Wildman–Crippen MR) is 78.0 cm³/mol. The molecule has 0 atom stereocenters. The lowest BCUT2D eigenvalue weighted by Crippen LogP contribution is -2.39. The zero-order valence-corrected chi connectivity index (χ0v) is 11.7. The fourth-order valence-electron chi connectivity index (χ4n) is 2.52. The molecule has 2 amide bonds. The van der Waals surface area contributed by atoms with Crippen LogP contribution >= 0.6 is 11.6 Å². The average Bonchev–Trinajstić information content (AvgIpc) is 2.80. The van der Waals surface area contributed by atoms with Gasteiger partial charge in [-0.25, -0.2) is 4.79 Å². The van der Waals surface area contributed by atoms with Crippen LogP contribution in [-0.2, 0) is 0 Å². The van der Waals surface area contributed by atoms with E-state index in [9.17, 15) is 4.79 Å². The van der Waals surface area contributed by atoms with E-state index in [-0.39, 0.29) is 18.1 Å². The van der Waals surface area contributed by atoms with Gasteiger partial charge >= 0.3 is 12.0 Å². The topological polar surface area (TPSA) is 67.2 Å². The molecule has 0 unspecified atom stereocenters. The molecule has 1 aliphatic carbocycles. The fourth-order valence-corrected chi connectivity index (χ4v) is 2.69. The number of carbonyl (C=O) groups is 1. The Morgan fingerprint density at radius 2 is 2.10 bits per heavy atom. The van der Waals surface area contributed by atoms with Gasteiger partial charge < -0.3 is 9.73 Å². The van der Waals surface area contributed by atoms with Crippen LogP contribution in [0.15, 0.2) is 22.6 Å². The van der Waals surface area contributed by atoms with Crippen LogP contribution in [-0.4, -0.2) is 17.1 Å². The van der Waals surface area contributed by atoms with Gasteiger partial charge in [0.25, 0.3) is 0 Å². The first-order valence-corrected chi connectivity index (χ1v) is 7.22. The molecular formula is C14H16ClN3O2. The summed E-state index contributed by atoms with van der Waals surface area (Å²) in [6, 6.07) is 5.33. The van der Waals surface area contributed by atoms with E-state index in [0.29, 0.717) is 16.1 Å².